The summed E-state index contributed by atoms with van der Waals surface area (Å²) in [5.41, 5.74) is 7.01. The van der Waals surface area contributed by atoms with Crippen molar-refractivity contribution >= 4 is 29.6 Å². The zero-order valence-corrected chi connectivity index (χ0v) is 19.4. The lowest BCUT2D eigenvalue weighted by molar-refractivity contribution is -0.138. The molecule has 35 heavy (non-hydrogen) atoms. The summed E-state index contributed by atoms with van der Waals surface area (Å²) in [6.07, 6.45) is -0.328. The number of nitrogens with two attached hydrogens (primary N) is 1. The summed E-state index contributed by atoms with van der Waals surface area (Å²) in [6.45, 7) is 1.26. The Bertz CT molecular complexity index is 1030. The minimum atomic E-state index is -1.26. The SMILES string of the molecule is CC(=O)NC(Cc1ccccc1)C(=O)NC(CCC(=O)O)C(=O)NC(Cc1ccccc1)C(N)=O. The zero-order valence-electron chi connectivity index (χ0n) is 19.4. The molecule has 4 amide bonds. The monoisotopic (exact) mass is 482 g/mol. The normalized spacial score (nSPS) is 13.1. The first kappa shape index (κ1) is 27.0. The van der Waals surface area contributed by atoms with Crippen LogP contribution in [0.5, 0.6) is 0 Å². The lowest BCUT2D eigenvalue weighted by atomic mass is 10.0. The highest BCUT2D eigenvalue weighted by Crippen LogP contribution is 2.07. The Morgan fingerprint density at radius 1 is 0.743 bits per heavy atom. The number of carbonyl (C=O) groups excluding carboxylic acids is 4. The molecule has 2 rings (SSSR count). The second-order valence-corrected chi connectivity index (χ2v) is 8.09. The number of benzene rings is 2. The van der Waals surface area contributed by atoms with Gasteiger partial charge in [-0.25, -0.2) is 0 Å². The van der Waals surface area contributed by atoms with Crippen LogP contribution in [0.3, 0.4) is 0 Å². The van der Waals surface area contributed by atoms with Gasteiger partial charge in [-0.2, -0.15) is 0 Å². The molecule has 0 aliphatic heterocycles. The molecule has 10 nitrogen and oxygen atoms in total. The summed E-state index contributed by atoms with van der Waals surface area (Å²) in [4.78, 5) is 60.8. The molecule has 2 aromatic carbocycles. The number of carbonyl (C=O) groups is 5. The van der Waals surface area contributed by atoms with E-state index in [2.05, 4.69) is 16.0 Å². The Labute approximate surface area is 203 Å². The quantitative estimate of drug-likeness (QED) is 0.275. The first-order valence-corrected chi connectivity index (χ1v) is 11.1. The van der Waals surface area contributed by atoms with Gasteiger partial charge in [0.2, 0.25) is 23.6 Å². The van der Waals surface area contributed by atoms with E-state index in [4.69, 9.17) is 10.8 Å². The number of amides is 4. The first-order chi connectivity index (χ1) is 16.7. The molecule has 10 heteroatoms. The van der Waals surface area contributed by atoms with Crippen LogP contribution < -0.4 is 21.7 Å². The van der Waals surface area contributed by atoms with E-state index >= 15 is 0 Å². The number of aliphatic carboxylic acids is 1. The van der Waals surface area contributed by atoms with Crippen molar-refractivity contribution in [1.29, 1.82) is 0 Å². The maximum atomic E-state index is 13.0. The van der Waals surface area contributed by atoms with Crippen LogP contribution >= 0.6 is 0 Å². The van der Waals surface area contributed by atoms with E-state index in [9.17, 15) is 24.0 Å². The molecule has 0 aromatic heterocycles. The molecule has 2 aromatic rings. The molecular weight excluding hydrogens is 452 g/mol. The van der Waals surface area contributed by atoms with Gasteiger partial charge in [0.1, 0.15) is 18.1 Å². The molecule has 3 unspecified atom stereocenters. The lowest BCUT2D eigenvalue weighted by Crippen LogP contribution is -2.57. The van der Waals surface area contributed by atoms with Gasteiger partial charge in [0.15, 0.2) is 0 Å². The fourth-order valence-corrected chi connectivity index (χ4v) is 3.46. The van der Waals surface area contributed by atoms with Crippen molar-refractivity contribution in [2.45, 2.75) is 50.7 Å². The van der Waals surface area contributed by atoms with E-state index in [1.807, 2.05) is 6.07 Å². The van der Waals surface area contributed by atoms with E-state index < -0.39 is 54.1 Å². The molecule has 6 N–H and O–H groups in total. The summed E-state index contributed by atoms with van der Waals surface area (Å²) in [6, 6.07) is 14.6. The van der Waals surface area contributed by atoms with Crippen molar-refractivity contribution in [2.24, 2.45) is 5.73 Å². The van der Waals surface area contributed by atoms with Gasteiger partial charge in [-0.05, 0) is 17.5 Å². The van der Waals surface area contributed by atoms with Crippen LogP contribution in [0.4, 0.5) is 0 Å². The fourth-order valence-electron chi connectivity index (χ4n) is 3.46. The third-order valence-electron chi connectivity index (χ3n) is 5.20. The molecule has 0 radical (unpaired) electrons. The number of carboxylic acid groups (broad SMARTS) is 1. The van der Waals surface area contributed by atoms with Gasteiger partial charge in [-0.15, -0.1) is 0 Å². The summed E-state index contributed by atoms with van der Waals surface area (Å²) in [5.74, 6) is -3.78. The molecule has 0 heterocycles. The lowest BCUT2D eigenvalue weighted by Gasteiger charge is -2.24. The van der Waals surface area contributed by atoms with Crippen LogP contribution in [-0.4, -0.2) is 52.8 Å². The van der Waals surface area contributed by atoms with E-state index in [0.717, 1.165) is 11.1 Å². The van der Waals surface area contributed by atoms with Crippen molar-refractivity contribution < 1.29 is 29.1 Å². The van der Waals surface area contributed by atoms with Gasteiger partial charge < -0.3 is 26.8 Å². The highest BCUT2D eigenvalue weighted by atomic mass is 16.4. The molecule has 3 atom stereocenters. The van der Waals surface area contributed by atoms with Gasteiger partial charge in [-0.3, -0.25) is 24.0 Å². The van der Waals surface area contributed by atoms with E-state index in [1.54, 1.807) is 54.6 Å². The Hall–Kier alpha value is -4.21. The average molecular weight is 483 g/mol. The maximum absolute atomic E-state index is 13.0. The van der Waals surface area contributed by atoms with Crippen molar-refractivity contribution in [3.63, 3.8) is 0 Å². The highest BCUT2D eigenvalue weighted by Gasteiger charge is 2.29. The van der Waals surface area contributed by atoms with E-state index in [0.29, 0.717) is 0 Å². The molecule has 0 aliphatic rings. The first-order valence-electron chi connectivity index (χ1n) is 11.1. The van der Waals surface area contributed by atoms with Gasteiger partial charge in [0.25, 0.3) is 0 Å². The number of rotatable bonds is 13. The van der Waals surface area contributed by atoms with E-state index in [1.165, 1.54) is 6.92 Å². The Morgan fingerprint density at radius 3 is 1.66 bits per heavy atom. The van der Waals surface area contributed by atoms with Crippen LogP contribution in [0.25, 0.3) is 0 Å². The zero-order chi connectivity index (χ0) is 25.8. The van der Waals surface area contributed by atoms with Gasteiger partial charge in [0.05, 0.1) is 0 Å². The third kappa shape index (κ3) is 9.66. The number of hydrogen-bond acceptors (Lipinski definition) is 5. The van der Waals surface area contributed by atoms with Gasteiger partial charge in [0, 0.05) is 26.2 Å². The number of hydrogen-bond donors (Lipinski definition) is 5. The Balaban J connectivity index is 2.17. The van der Waals surface area contributed by atoms with Crippen molar-refractivity contribution in [1.82, 2.24) is 16.0 Å². The Kier molecular flexibility index (Phi) is 10.4. The predicted octanol–water partition coefficient (Wildman–Crippen LogP) is 0.296. The van der Waals surface area contributed by atoms with Crippen molar-refractivity contribution in [2.75, 3.05) is 0 Å². The summed E-state index contributed by atoms with van der Waals surface area (Å²) in [7, 11) is 0. The second kappa shape index (κ2) is 13.5. The third-order valence-corrected chi connectivity index (χ3v) is 5.20. The van der Waals surface area contributed by atoms with Crippen LogP contribution in [0, 0.1) is 0 Å². The van der Waals surface area contributed by atoms with Crippen LogP contribution in [0.15, 0.2) is 60.7 Å². The van der Waals surface area contributed by atoms with Crippen LogP contribution in [-0.2, 0) is 36.8 Å². The summed E-state index contributed by atoms with van der Waals surface area (Å²) >= 11 is 0. The molecule has 0 aliphatic carbocycles. The maximum Gasteiger partial charge on any atom is 0.303 e. The predicted molar refractivity (Wildman–Crippen MR) is 128 cm³/mol. The fraction of sp³-hybridized carbons (Fsp3) is 0.320. The standard InChI is InChI=1S/C25H30N4O6/c1-16(30)27-21(15-18-10-6-3-7-11-18)25(35)28-19(12-13-22(31)32)24(34)29-20(23(26)33)14-17-8-4-2-5-9-17/h2-11,19-21H,12-15H2,1H3,(H2,26,33)(H,27,30)(H,28,35)(H,29,34)(H,31,32). The van der Waals surface area contributed by atoms with E-state index in [-0.39, 0.29) is 19.3 Å². The number of nitrogens with one attached hydrogen (secondary N) is 3. The molecule has 0 bridgehead atoms. The molecule has 186 valence electrons. The molecular formula is C25H30N4O6. The Morgan fingerprint density at radius 2 is 1.20 bits per heavy atom. The van der Waals surface area contributed by atoms with Gasteiger partial charge in [-0.1, -0.05) is 60.7 Å². The minimum Gasteiger partial charge on any atom is -0.481 e. The largest absolute Gasteiger partial charge is 0.481 e. The smallest absolute Gasteiger partial charge is 0.303 e. The average Bonchev–Trinajstić information content (AvgIpc) is 2.81. The van der Waals surface area contributed by atoms with Crippen molar-refractivity contribution in [3.8, 4) is 0 Å². The second-order valence-electron chi connectivity index (χ2n) is 8.09. The number of carboxylic acids is 1. The molecule has 0 spiro atoms. The van der Waals surface area contributed by atoms with Gasteiger partial charge >= 0.3 is 5.97 Å². The summed E-state index contributed by atoms with van der Waals surface area (Å²) in [5, 5.41) is 16.7. The topological polar surface area (TPSA) is 168 Å². The highest BCUT2D eigenvalue weighted by molar-refractivity contribution is 5.94. The molecule has 0 saturated carbocycles. The minimum absolute atomic E-state index is 0.129. The van der Waals surface area contributed by atoms with Crippen molar-refractivity contribution in [3.05, 3.63) is 71.8 Å². The summed E-state index contributed by atoms with van der Waals surface area (Å²) < 4.78 is 0. The van der Waals surface area contributed by atoms with Crippen LogP contribution in [0.2, 0.25) is 0 Å². The molecule has 0 fully saturated rings. The number of primary amides is 1. The van der Waals surface area contributed by atoms with Crippen LogP contribution in [0.1, 0.15) is 30.9 Å². The molecule has 0 saturated heterocycles.